The zero-order chi connectivity index (χ0) is 26.4. The summed E-state index contributed by atoms with van der Waals surface area (Å²) in [6.45, 7) is 2.21. The number of nitrogen functional groups attached to an aromatic ring is 1. The van der Waals surface area contributed by atoms with Crippen molar-refractivity contribution in [1.29, 1.82) is 0 Å². The zero-order valence-corrected chi connectivity index (χ0v) is 21.2. The molecule has 3 aromatic carbocycles. The van der Waals surface area contributed by atoms with Crippen molar-refractivity contribution in [2.24, 2.45) is 10.2 Å². The number of benzene rings is 3. The van der Waals surface area contributed by atoms with Gasteiger partial charge in [0, 0.05) is 23.9 Å². The van der Waals surface area contributed by atoms with Crippen molar-refractivity contribution in [3.05, 3.63) is 102 Å². The van der Waals surface area contributed by atoms with Crippen LogP contribution in [0.5, 0.6) is 0 Å². The fraction of sp³-hybridized carbons (Fsp3) is 0.148. The second-order valence-electron chi connectivity index (χ2n) is 8.43. The SMILES string of the molecule is CC(N=Nc1ccc(S(C)(=O)=O)cc1)c1nc(-c2cccc(C(=O)NCc3ccccc3)c2)cnc1N. The van der Waals surface area contributed by atoms with Gasteiger partial charge in [0.05, 0.1) is 22.5 Å². The van der Waals surface area contributed by atoms with Crippen LogP contribution in [0.15, 0.2) is 100 Å². The molecule has 37 heavy (non-hydrogen) atoms. The van der Waals surface area contributed by atoms with Gasteiger partial charge in [0.1, 0.15) is 17.6 Å². The van der Waals surface area contributed by atoms with Crippen LogP contribution in [0.3, 0.4) is 0 Å². The van der Waals surface area contributed by atoms with Crippen LogP contribution in [0, 0.1) is 0 Å². The molecular formula is C27H26N6O3S. The Morgan fingerprint density at radius 2 is 1.76 bits per heavy atom. The number of azo groups is 1. The molecule has 4 aromatic rings. The van der Waals surface area contributed by atoms with Crippen LogP contribution in [0.25, 0.3) is 11.3 Å². The molecule has 0 aliphatic carbocycles. The number of carbonyl (C=O) groups excluding carboxylic acids is 1. The van der Waals surface area contributed by atoms with Crippen molar-refractivity contribution < 1.29 is 13.2 Å². The maximum atomic E-state index is 12.7. The zero-order valence-electron chi connectivity index (χ0n) is 20.4. The number of nitrogens with zero attached hydrogens (tertiary/aromatic N) is 4. The van der Waals surface area contributed by atoms with Gasteiger partial charge in [0.15, 0.2) is 9.84 Å². The van der Waals surface area contributed by atoms with Crippen molar-refractivity contribution in [3.8, 4) is 11.3 Å². The highest BCUT2D eigenvalue weighted by atomic mass is 32.2. The van der Waals surface area contributed by atoms with Crippen LogP contribution in [0.4, 0.5) is 11.5 Å². The number of aromatic nitrogens is 2. The van der Waals surface area contributed by atoms with Gasteiger partial charge in [-0.25, -0.2) is 18.4 Å². The average molecular weight is 515 g/mol. The maximum Gasteiger partial charge on any atom is 0.251 e. The van der Waals surface area contributed by atoms with Gasteiger partial charge in [-0.3, -0.25) is 4.79 Å². The molecule has 4 rings (SSSR count). The van der Waals surface area contributed by atoms with E-state index in [0.717, 1.165) is 11.8 Å². The minimum Gasteiger partial charge on any atom is -0.382 e. The molecule has 1 amide bonds. The molecule has 1 heterocycles. The molecule has 0 bridgehead atoms. The third kappa shape index (κ3) is 6.62. The Kier molecular flexibility index (Phi) is 7.69. The van der Waals surface area contributed by atoms with E-state index >= 15 is 0 Å². The Hall–Kier alpha value is -4.44. The summed E-state index contributed by atoms with van der Waals surface area (Å²) >= 11 is 0. The van der Waals surface area contributed by atoms with Gasteiger partial charge >= 0.3 is 0 Å². The first-order chi connectivity index (χ1) is 17.7. The molecule has 1 unspecified atom stereocenters. The molecule has 0 aliphatic rings. The number of carbonyl (C=O) groups is 1. The van der Waals surface area contributed by atoms with Gasteiger partial charge in [0.2, 0.25) is 0 Å². The molecule has 0 saturated carbocycles. The fourth-order valence-electron chi connectivity index (χ4n) is 3.53. The first kappa shape index (κ1) is 25.6. The Bertz CT molecular complexity index is 1540. The van der Waals surface area contributed by atoms with E-state index < -0.39 is 15.9 Å². The van der Waals surface area contributed by atoms with E-state index in [2.05, 4.69) is 25.5 Å². The molecule has 3 N–H and O–H groups in total. The Morgan fingerprint density at radius 1 is 1.03 bits per heavy atom. The summed E-state index contributed by atoms with van der Waals surface area (Å²) in [5.74, 6) is 0.0257. The molecule has 9 nitrogen and oxygen atoms in total. The summed E-state index contributed by atoms with van der Waals surface area (Å²) < 4.78 is 23.3. The van der Waals surface area contributed by atoms with Crippen LogP contribution < -0.4 is 11.1 Å². The van der Waals surface area contributed by atoms with Crippen LogP contribution >= 0.6 is 0 Å². The Balaban J connectivity index is 1.50. The summed E-state index contributed by atoms with van der Waals surface area (Å²) in [6, 6.07) is 22.4. The van der Waals surface area contributed by atoms with Gasteiger partial charge in [-0.2, -0.15) is 10.2 Å². The van der Waals surface area contributed by atoms with Crippen molar-refractivity contribution >= 4 is 27.2 Å². The summed E-state index contributed by atoms with van der Waals surface area (Å²) in [5.41, 5.74) is 9.77. The molecule has 0 spiro atoms. The average Bonchev–Trinajstić information content (AvgIpc) is 2.91. The van der Waals surface area contributed by atoms with Crippen LogP contribution in [-0.2, 0) is 16.4 Å². The van der Waals surface area contributed by atoms with E-state index in [1.54, 1.807) is 43.5 Å². The number of rotatable bonds is 8. The monoisotopic (exact) mass is 514 g/mol. The van der Waals surface area contributed by atoms with E-state index in [1.807, 2.05) is 36.4 Å². The lowest BCUT2D eigenvalue weighted by molar-refractivity contribution is 0.0951. The topological polar surface area (TPSA) is 140 Å². The lowest BCUT2D eigenvalue weighted by atomic mass is 10.1. The molecule has 188 valence electrons. The molecule has 0 radical (unpaired) electrons. The second-order valence-corrected chi connectivity index (χ2v) is 10.4. The fourth-order valence-corrected chi connectivity index (χ4v) is 4.16. The third-order valence-electron chi connectivity index (χ3n) is 5.55. The number of nitrogens with two attached hydrogens (primary N) is 1. The van der Waals surface area contributed by atoms with E-state index in [9.17, 15) is 13.2 Å². The van der Waals surface area contributed by atoms with Gasteiger partial charge in [-0.1, -0.05) is 42.5 Å². The number of amides is 1. The van der Waals surface area contributed by atoms with Crippen molar-refractivity contribution in [2.45, 2.75) is 24.4 Å². The largest absolute Gasteiger partial charge is 0.382 e. The van der Waals surface area contributed by atoms with Crippen molar-refractivity contribution in [3.63, 3.8) is 0 Å². The molecule has 10 heteroatoms. The van der Waals surface area contributed by atoms with Crippen LogP contribution in [0.1, 0.15) is 34.6 Å². The standard InChI is InChI=1S/C27H26N6O3S/c1-18(32-33-22-11-13-23(14-12-22)37(2,35)36)25-26(28)29-17-24(31-25)20-9-6-10-21(15-20)27(34)30-16-19-7-4-3-5-8-19/h3-15,17-18H,16H2,1-2H3,(H2,28,29)(H,30,34). The first-order valence-corrected chi connectivity index (χ1v) is 13.4. The van der Waals surface area contributed by atoms with Gasteiger partial charge in [-0.15, -0.1) is 0 Å². The quantitative estimate of drug-likeness (QED) is 0.320. The molecule has 0 fully saturated rings. The van der Waals surface area contributed by atoms with Crippen LogP contribution in [-0.4, -0.2) is 30.5 Å². The van der Waals surface area contributed by atoms with Gasteiger partial charge in [0.25, 0.3) is 5.91 Å². The Morgan fingerprint density at radius 3 is 2.46 bits per heavy atom. The number of hydrogen-bond donors (Lipinski definition) is 2. The summed E-state index contributed by atoms with van der Waals surface area (Å²) in [4.78, 5) is 21.8. The first-order valence-electron chi connectivity index (χ1n) is 11.5. The van der Waals surface area contributed by atoms with E-state index in [-0.39, 0.29) is 16.6 Å². The highest BCUT2D eigenvalue weighted by Crippen LogP contribution is 2.26. The lowest BCUT2D eigenvalue weighted by Gasteiger charge is -2.11. The highest BCUT2D eigenvalue weighted by Gasteiger charge is 2.15. The Labute approximate surface area is 215 Å². The normalized spacial score (nSPS) is 12.4. The van der Waals surface area contributed by atoms with Crippen molar-refractivity contribution in [2.75, 3.05) is 12.0 Å². The minimum atomic E-state index is -3.29. The number of nitrogens with one attached hydrogen (secondary N) is 1. The molecule has 1 aromatic heterocycles. The molecule has 0 saturated heterocycles. The maximum absolute atomic E-state index is 12.7. The van der Waals surface area contributed by atoms with E-state index in [0.29, 0.717) is 34.7 Å². The van der Waals surface area contributed by atoms with Gasteiger partial charge < -0.3 is 11.1 Å². The predicted molar refractivity (Wildman–Crippen MR) is 142 cm³/mol. The summed E-state index contributed by atoms with van der Waals surface area (Å²) in [5, 5.41) is 11.4. The highest BCUT2D eigenvalue weighted by molar-refractivity contribution is 7.90. The van der Waals surface area contributed by atoms with Crippen LogP contribution in [0.2, 0.25) is 0 Å². The number of sulfone groups is 1. The smallest absolute Gasteiger partial charge is 0.251 e. The molecule has 0 aliphatic heterocycles. The molecular weight excluding hydrogens is 488 g/mol. The number of anilines is 1. The van der Waals surface area contributed by atoms with E-state index in [4.69, 9.17) is 5.73 Å². The second kappa shape index (κ2) is 11.1. The minimum absolute atomic E-state index is 0.196. The summed E-state index contributed by atoms with van der Waals surface area (Å²) in [6.07, 6.45) is 2.69. The molecule has 1 atom stereocenters. The van der Waals surface area contributed by atoms with Crippen molar-refractivity contribution in [1.82, 2.24) is 15.3 Å². The summed E-state index contributed by atoms with van der Waals surface area (Å²) in [7, 11) is -3.29. The lowest BCUT2D eigenvalue weighted by Crippen LogP contribution is -2.22. The predicted octanol–water partition coefficient (Wildman–Crippen LogP) is 4.90. The third-order valence-corrected chi connectivity index (χ3v) is 6.68. The van der Waals surface area contributed by atoms with Gasteiger partial charge in [-0.05, 0) is 48.9 Å². The number of hydrogen-bond acceptors (Lipinski definition) is 8. The van der Waals surface area contributed by atoms with E-state index in [1.165, 1.54) is 12.1 Å².